The van der Waals surface area contributed by atoms with Gasteiger partial charge in [0.05, 0.1) is 5.56 Å². The SMILES string of the molecule is Cc1occ(C(N)=O)c1C. The first kappa shape index (κ1) is 6.86. The van der Waals surface area contributed by atoms with Gasteiger partial charge in [0.15, 0.2) is 0 Å². The van der Waals surface area contributed by atoms with Gasteiger partial charge in [0.1, 0.15) is 12.0 Å². The Morgan fingerprint density at radius 1 is 1.60 bits per heavy atom. The first-order valence-electron chi connectivity index (χ1n) is 2.97. The van der Waals surface area contributed by atoms with E-state index in [2.05, 4.69) is 0 Å². The van der Waals surface area contributed by atoms with Crippen LogP contribution in [0.1, 0.15) is 21.7 Å². The number of rotatable bonds is 1. The molecule has 0 aliphatic rings. The zero-order chi connectivity index (χ0) is 7.72. The number of primary amides is 1. The number of furan rings is 1. The number of aryl methyl sites for hydroxylation is 1. The maximum absolute atomic E-state index is 10.6. The Hall–Kier alpha value is -1.25. The lowest BCUT2D eigenvalue weighted by molar-refractivity contribution is 0.0999. The summed E-state index contributed by atoms with van der Waals surface area (Å²) in [6, 6.07) is 0. The highest BCUT2D eigenvalue weighted by molar-refractivity contribution is 5.94. The van der Waals surface area contributed by atoms with Gasteiger partial charge in [0.25, 0.3) is 5.91 Å². The highest BCUT2D eigenvalue weighted by Crippen LogP contribution is 2.13. The highest BCUT2D eigenvalue weighted by atomic mass is 16.3. The number of hydrogen-bond donors (Lipinski definition) is 1. The molecule has 0 radical (unpaired) electrons. The zero-order valence-electron chi connectivity index (χ0n) is 5.97. The molecule has 2 N–H and O–H groups in total. The van der Waals surface area contributed by atoms with Gasteiger partial charge in [-0.1, -0.05) is 0 Å². The van der Waals surface area contributed by atoms with E-state index < -0.39 is 5.91 Å². The normalized spacial score (nSPS) is 9.80. The Morgan fingerprint density at radius 3 is 2.40 bits per heavy atom. The molecule has 0 atom stereocenters. The topological polar surface area (TPSA) is 56.2 Å². The van der Waals surface area contributed by atoms with Crippen molar-refractivity contribution >= 4 is 5.91 Å². The summed E-state index contributed by atoms with van der Waals surface area (Å²) in [7, 11) is 0. The Morgan fingerprint density at radius 2 is 2.20 bits per heavy atom. The van der Waals surface area contributed by atoms with Crippen LogP contribution in [0.25, 0.3) is 0 Å². The number of hydrogen-bond acceptors (Lipinski definition) is 2. The average molecular weight is 139 g/mol. The van der Waals surface area contributed by atoms with E-state index in [0.29, 0.717) is 5.56 Å². The molecular weight excluding hydrogens is 130 g/mol. The molecule has 54 valence electrons. The highest BCUT2D eigenvalue weighted by Gasteiger charge is 2.09. The van der Waals surface area contributed by atoms with Crippen LogP contribution in [-0.2, 0) is 0 Å². The molecular formula is C7H9NO2. The van der Waals surface area contributed by atoms with Crippen molar-refractivity contribution in [1.29, 1.82) is 0 Å². The summed E-state index contributed by atoms with van der Waals surface area (Å²) >= 11 is 0. The fourth-order valence-electron chi connectivity index (χ4n) is 0.757. The molecule has 3 nitrogen and oxygen atoms in total. The van der Waals surface area contributed by atoms with E-state index in [0.717, 1.165) is 11.3 Å². The molecule has 0 unspecified atom stereocenters. The van der Waals surface area contributed by atoms with Gasteiger partial charge in [-0.05, 0) is 13.8 Å². The lowest BCUT2D eigenvalue weighted by Gasteiger charge is -1.88. The van der Waals surface area contributed by atoms with Crippen LogP contribution in [0.4, 0.5) is 0 Å². The molecule has 1 heterocycles. The van der Waals surface area contributed by atoms with Crippen molar-refractivity contribution in [2.24, 2.45) is 5.73 Å². The van der Waals surface area contributed by atoms with Crippen LogP contribution in [-0.4, -0.2) is 5.91 Å². The fraction of sp³-hybridized carbons (Fsp3) is 0.286. The van der Waals surface area contributed by atoms with Gasteiger partial charge in [-0.3, -0.25) is 4.79 Å². The van der Waals surface area contributed by atoms with Crippen LogP contribution < -0.4 is 5.73 Å². The lowest BCUT2D eigenvalue weighted by atomic mass is 10.2. The van der Waals surface area contributed by atoms with Gasteiger partial charge in [0.2, 0.25) is 0 Å². The average Bonchev–Trinajstić information content (AvgIpc) is 2.14. The maximum atomic E-state index is 10.6. The molecule has 0 aliphatic heterocycles. The molecule has 0 spiro atoms. The van der Waals surface area contributed by atoms with Crippen LogP contribution in [0.15, 0.2) is 10.7 Å². The van der Waals surface area contributed by atoms with E-state index in [9.17, 15) is 4.79 Å². The Labute approximate surface area is 58.8 Å². The third kappa shape index (κ3) is 0.900. The largest absolute Gasteiger partial charge is 0.469 e. The summed E-state index contributed by atoms with van der Waals surface area (Å²) in [5.41, 5.74) is 6.33. The third-order valence-electron chi connectivity index (χ3n) is 1.55. The lowest BCUT2D eigenvalue weighted by Crippen LogP contribution is -2.10. The Kier molecular flexibility index (Phi) is 1.49. The van der Waals surface area contributed by atoms with Crippen LogP contribution >= 0.6 is 0 Å². The van der Waals surface area contributed by atoms with E-state index in [1.807, 2.05) is 0 Å². The van der Waals surface area contributed by atoms with E-state index in [4.69, 9.17) is 10.2 Å². The third-order valence-corrected chi connectivity index (χ3v) is 1.55. The molecule has 1 aromatic heterocycles. The predicted octanol–water partition coefficient (Wildman–Crippen LogP) is 0.995. The molecule has 0 saturated carbocycles. The van der Waals surface area contributed by atoms with Crippen LogP contribution in [0.3, 0.4) is 0 Å². The molecule has 0 aromatic carbocycles. The molecule has 1 aromatic rings. The number of carbonyl (C=O) groups excluding carboxylic acids is 1. The Balaban J connectivity index is 3.17. The standard InChI is InChI=1S/C7H9NO2/c1-4-5(2)10-3-6(4)7(8)9/h3H,1-2H3,(H2,8,9). The molecule has 0 fully saturated rings. The van der Waals surface area contributed by atoms with Gasteiger partial charge in [-0.15, -0.1) is 0 Å². The first-order valence-corrected chi connectivity index (χ1v) is 2.97. The summed E-state index contributed by atoms with van der Waals surface area (Å²) in [6.07, 6.45) is 1.38. The van der Waals surface area contributed by atoms with E-state index in [1.165, 1.54) is 6.26 Å². The number of carbonyl (C=O) groups is 1. The van der Waals surface area contributed by atoms with Gasteiger partial charge in [-0.25, -0.2) is 0 Å². The van der Waals surface area contributed by atoms with E-state index in [-0.39, 0.29) is 0 Å². The van der Waals surface area contributed by atoms with Crippen molar-refractivity contribution in [3.8, 4) is 0 Å². The van der Waals surface area contributed by atoms with Gasteiger partial charge in [0, 0.05) is 5.56 Å². The monoisotopic (exact) mass is 139 g/mol. The van der Waals surface area contributed by atoms with Crippen molar-refractivity contribution < 1.29 is 9.21 Å². The van der Waals surface area contributed by atoms with Crippen molar-refractivity contribution in [2.75, 3.05) is 0 Å². The van der Waals surface area contributed by atoms with Crippen LogP contribution in [0.2, 0.25) is 0 Å². The molecule has 1 rings (SSSR count). The summed E-state index contributed by atoms with van der Waals surface area (Å²) in [4.78, 5) is 10.6. The smallest absolute Gasteiger partial charge is 0.252 e. The quantitative estimate of drug-likeness (QED) is 0.630. The predicted molar refractivity (Wildman–Crippen MR) is 36.7 cm³/mol. The van der Waals surface area contributed by atoms with Crippen LogP contribution in [0.5, 0.6) is 0 Å². The van der Waals surface area contributed by atoms with Crippen molar-refractivity contribution in [3.63, 3.8) is 0 Å². The summed E-state index contributed by atoms with van der Waals surface area (Å²) in [5.74, 6) is 0.308. The second-order valence-electron chi connectivity index (χ2n) is 2.19. The molecule has 1 amide bonds. The van der Waals surface area contributed by atoms with Gasteiger partial charge >= 0.3 is 0 Å². The fourth-order valence-corrected chi connectivity index (χ4v) is 0.757. The molecule has 3 heteroatoms. The second-order valence-corrected chi connectivity index (χ2v) is 2.19. The van der Waals surface area contributed by atoms with E-state index >= 15 is 0 Å². The number of nitrogens with two attached hydrogens (primary N) is 1. The zero-order valence-corrected chi connectivity index (χ0v) is 5.97. The summed E-state index contributed by atoms with van der Waals surface area (Å²) in [5, 5.41) is 0. The second kappa shape index (κ2) is 2.17. The van der Waals surface area contributed by atoms with Crippen molar-refractivity contribution in [2.45, 2.75) is 13.8 Å². The molecule has 0 aliphatic carbocycles. The minimum atomic E-state index is -0.436. The number of amides is 1. The minimum absolute atomic E-state index is 0.436. The van der Waals surface area contributed by atoms with Crippen LogP contribution in [0, 0.1) is 13.8 Å². The van der Waals surface area contributed by atoms with Gasteiger partial charge in [-0.2, -0.15) is 0 Å². The first-order chi connectivity index (χ1) is 4.63. The molecule has 10 heavy (non-hydrogen) atoms. The van der Waals surface area contributed by atoms with Crippen molar-refractivity contribution in [1.82, 2.24) is 0 Å². The minimum Gasteiger partial charge on any atom is -0.469 e. The molecule has 0 saturated heterocycles. The summed E-state index contributed by atoms with van der Waals surface area (Å²) < 4.78 is 4.96. The van der Waals surface area contributed by atoms with E-state index in [1.54, 1.807) is 13.8 Å². The van der Waals surface area contributed by atoms with Crippen molar-refractivity contribution in [3.05, 3.63) is 23.2 Å². The summed E-state index contributed by atoms with van der Waals surface area (Å²) in [6.45, 7) is 3.60. The maximum Gasteiger partial charge on any atom is 0.252 e. The van der Waals surface area contributed by atoms with Gasteiger partial charge < -0.3 is 10.2 Å². The Bertz CT molecular complexity index is 263. The molecule has 0 bridgehead atoms.